The fourth-order valence-corrected chi connectivity index (χ4v) is 0.600. The van der Waals surface area contributed by atoms with Crippen molar-refractivity contribution in [1.29, 1.82) is 0 Å². The van der Waals surface area contributed by atoms with Gasteiger partial charge in [0.05, 0.1) is 12.5 Å². The smallest absolute Gasteiger partial charge is 0.133 e. The van der Waals surface area contributed by atoms with Crippen LogP contribution in [0, 0.1) is 0 Å². The van der Waals surface area contributed by atoms with Gasteiger partial charge in [0.15, 0.2) is 0 Å². The van der Waals surface area contributed by atoms with Crippen molar-refractivity contribution in [3.8, 4) is 0 Å². The molecule has 0 bridgehead atoms. The lowest BCUT2D eigenvalue weighted by Crippen LogP contribution is -1.84. The molecule has 0 unspecified atom stereocenters. The van der Waals surface area contributed by atoms with E-state index in [1.165, 1.54) is 0 Å². The van der Waals surface area contributed by atoms with Crippen molar-refractivity contribution in [3.63, 3.8) is 0 Å². The Morgan fingerprint density at radius 2 is 2.78 bits per heavy atom. The highest BCUT2D eigenvalue weighted by molar-refractivity contribution is 9.10. The molecule has 1 rings (SSSR count). The van der Waals surface area contributed by atoms with Gasteiger partial charge in [-0.3, -0.25) is 4.98 Å². The SMILES string of the molecule is [2H]c1nc(C([2H])([2H])F)c(Br)c([2H])c1[2H]. The standard InChI is InChI=1S/C6H5BrFN/c7-5-2-1-3-9-6(5)4-8/h1-3H,4H2/i1D,2D,3D,4D2. The maximum Gasteiger partial charge on any atom is 0.133 e. The molecule has 1 aromatic rings. The summed E-state index contributed by atoms with van der Waals surface area (Å²) in [5.41, 5.74) is -0.677. The number of pyridine rings is 1. The van der Waals surface area contributed by atoms with E-state index in [1.807, 2.05) is 0 Å². The third-order valence-electron chi connectivity index (χ3n) is 0.693. The van der Waals surface area contributed by atoms with Gasteiger partial charge in [-0.2, -0.15) is 0 Å². The van der Waals surface area contributed by atoms with E-state index < -0.39 is 30.6 Å². The molecule has 0 saturated carbocycles. The molecule has 48 valence electrons. The maximum absolute atomic E-state index is 12.9. The molecule has 1 heterocycles. The molecule has 0 atom stereocenters. The second-order valence-corrected chi connectivity index (χ2v) is 2.02. The summed E-state index contributed by atoms with van der Waals surface area (Å²) in [6.07, 6.45) is -0.616. The molecule has 0 aromatic carbocycles. The molecular weight excluding hydrogens is 185 g/mol. The fraction of sp³-hybridized carbons (Fsp3) is 0.167. The summed E-state index contributed by atoms with van der Waals surface area (Å²) in [4.78, 5) is 3.27. The van der Waals surface area contributed by atoms with Crippen molar-refractivity contribution in [2.45, 2.75) is 6.63 Å². The summed E-state index contributed by atoms with van der Waals surface area (Å²) >= 11 is 2.77. The Bertz CT molecular complexity index is 377. The van der Waals surface area contributed by atoms with Crippen molar-refractivity contribution in [2.75, 3.05) is 0 Å². The highest BCUT2D eigenvalue weighted by atomic mass is 79.9. The molecule has 0 amide bonds. The molecule has 1 nitrogen and oxygen atoms in total. The van der Waals surface area contributed by atoms with Crippen molar-refractivity contribution in [1.82, 2.24) is 4.98 Å². The van der Waals surface area contributed by atoms with Gasteiger partial charge in [0, 0.05) is 10.6 Å². The molecule has 1 aromatic heterocycles. The van der Waals surface area contributed by atoms with Crippen LogP contribution in [0.2, 0.25) is 0 Å². The predicted octanol–water partition coefficient (Wildman–Crippen LogP) is 2.31. The Morgan fingerprint density at radius 3 is 3.44 bits per heavy atom. The van der Waals surface area contributed by atoms with Crippen LogP contribution in [0.3, 0.4) is 0 Å². The molecule has 0 aliphatic carbocycles. The summed E-state index contributed by atoms with van der Waals surface area (Å²) in [5.74, 6) is 0. The van der Waals surface area contributed by atoms with Gasteiger partial charge < -0.3 is 0 Å². The second kappa shape index (κ2) is 2.92. The Kier molecular flexibility index (Phi) is 0.862. The molecule has 0 fully saturated rings. The molecule has 0 saturated heterocycles. The highest BCUT2D eigenvalue weighted by Gasteiger charge is 1.95. The normalized spacial score (nSPS) is 19.1. The van der Waals surface area contributed by atoms with Crippen LogP contribution in [0.15, 0.2) is 22.7 Å². The van der Waals surface area contributed by atoms with Crippen LogP contribution in [0.25, 0.3) is 0 Å². The zero-order valence-corrected chi connectivity index (χ0v) is 5.79. The first-order chi connectivity index (χ1) is 6.25. The number of halogens is 2. The topological polar surface area (TPSA) is 12.9 Å². The van der Waals surface area contributed by atoms with E-state index in [9.17, 15) is 4.39 Å². The molecule has 9 heavy (non-hydrogen) atoms. The van der Waals surface area contributed by atoms with E-state index in [0.29, 0.717) is 0 Å². The van der Waals surface area contributed by atoms with Crippen LogP contribution in [-0.4, -0.2) is 4.98 Å². The fourth-order valence-electron chi connectivity index (χ4n) is 0.338. The minimum absolute atomic E-state index is 0.231. The quantitative estimate of drug-likeness (QED) is 0.669. The van der Waals surface area contributed by atoms with Crippen molar-refractivity contribution in [3.05, 3.63) is 28.4 Å². The van der Waals surface area contributed by atoms with Gasteiger partial charge >= 0.3 is 0 Å². The summed E-state index contributed by atoms with van der Waals surface area (Å²) in [7, 11) is 0. The first-order valence-corrected chi connectivity index (χ1v) is 2.87. The predicted molar refractivity (Wildman–Crippen MR) is 36.7 cm³/mol. The number of rotatable bonds is 1. The summed E-state index contributed by atoms with van der Waals surface area (Å²) in [6.45, 7) is -3.22. The van der Waals surface area contributed by atoms with E-state index in [0.717, 1.165) is 0 Å². The number of alkyl halides is 1. The first kappa shape index (κ1) is 2.66. The van der Waals surface area contributed by atoms with Gasteiger partial charge in [0.2, 0.25) is 0 Å². The third-order valence-corrected chi connectivity index (χ3v) is 1.27. The maximum atomic E-state index is 12.9. The summed E-state index contributed by atoms with van der Waals surface area (Å²) in [5, 5.41) is 0. The number of hydrogen-bond donors (Lipinski definition) is 0. The largest absolute Gasteiger partial charge is 0.257 e. The molecule has 0 radical (unpaired) electrons. The van der Waals surface area contributed by atoms with Gasteiger partial charge in [0.25, 0.3) is 0 Å². The van der Waals surface area contributed by atoms with E-state index in [1.54, 1.807) is 0 Å². The van der Waals surface area contributed by atoms with Crippen LogP contribution in [0.1, 0.15) is 12.5 Å². The van der Waals surface area contributed by atoms with Gasteiger partial charge in [-0.05, 0) is 28.0 Å². The average molecular weight is 195 g/mol. The molecular formula is C6H5BrFN. The van der Waals surface area contributed by atoms with Crippen LogP contribution in [0.4, 0.5) is 4.39 Å². The Balaban J connectivity index is 3.49. The monoisotopic (exact) mass is 194 g/mol. The third kappa shape index (κ3) is 1.48. The number of aromatic nitrogens is 1. The van der Waals surface area contributed by atoms with Gasteiger partial charge in [0.1, 0.15) is 6.63 Å². The Hall–Kier alpha value is -0.440. The van der Waals surface area contributed by atoms with E-state index in [4.69, 9.17) is 6.85 Å². The first-order valence-electron chi connectivity index (χ1n) is 4.58. The van der Waals surface area contributed by atoms with Crippen LogP contribution < -0.4 is 0 Å². The molecule has 0 aliphatic rings. The minimum atomic E-state index is -3.22. The molecule has 0 N–H and O–H groups in total. The molecule has 3 heteroatoms. The van der Waals surface area contributed by atoms with Gasteiger partial charge in [-0.1, -0.05) is 0 Å². The van der Waals surface area contributed by atoms with Crippen LogP contribution in [0.5, 0.6) is 0 Å². The van der Waals surface area contributed by atoms with Crippen molar-refractivity contribution >= 4 is 15.9 Å². The van der Waals surface area contributed by atoms with Crippen molar-refractivity contribution in [2.24, 2.45) is 0 Å². The second-order valence-electron chi connectivity index (χ2n) is 1.23. The van der Waals surface area contributed by atoms with E-state index in [2.05, 4.69) is 20.9 Å². The van der Waals surface area contributed by atoms with Crippen molar-refractivity contribution < 1.29 is 11.2 Å². The zero-order chi connectivity index (χ0) is 11.1. The van der Waals surface area contributed by atoms with E-state index >= 15 is 0 Å². The van der Waals surface area contributed by atoms with Gasteiger partial charge in [-0.25, -0.2) is 4.39 Å². The number of hydrogen-bond acceptors (Lipinski definition) is 1. The average Bonchev–Trinajstić information content (AvgIpc) is 2.06. The Labute approximate surface area is 68.1 Å². The lowest BCUT2D eigenvalue weighted by Gasteiger charge is -1.93. The zero-order valence-electron chi connectivity index (χ0n) is 9.20. The Morgan fingerprint density at radius 1 is 2.00 bits per heavy atom. The lowest BCUT2D eigenvalue weighted by atomic mass is 10.4. The van der Waals surface area contributed by atoms with E-state index in [-0.39, 0.29) is 4.47 Å². The molecule has 0 spiro atoms. The van der Waals surface area contributed by atoms with Gasteiger partial charge in [-0.15, -0.1) is 0 Å². The lowest BCUT2D eigenvalue weighted by molar-refractivity contribution is 0.474. The summed E-state index contributed by atoms with van der Waals surface area (Å²) in [6, 6.07) is -0.911. The molecule has 0 aliphatic heterocycles. The minimum Gasteiger partial charge on any atom is -0.257 e. The summed E-state index contributed by atoms with van der Waals surface area (Å²) < 4.78 is 47.7. The highest BCUT2D eigenvalue weighted by Crippen LogP contribution is 2.13. The van der Waals surface area contributed by atoms with Crippen LogP contribution in [-0.2, 0) is 6.63 Å². The van der Waals surface area contributed by atoms with Crippen LogP contribution >= 0.6 is 15.9 Å². The number of nitrogens with zero attached hydrogens (tertiary/aromatic N) is 1.